The zero-order valence-electron chi connectivity index (χ0n) is 11.4. The second-order valence-electron chi connectivity index (χ2n) is 4.34. The average molecular weight is 322 g/mol. The summed E-state index contributed by atoms with van der Waals surface area (Å²) in [7, 11) is -3.52. The van der Waals surface area contributed by atoms with Gasteiger partial charge in [-0.15, -0.1) is 12.4 Å². The van der Waals surface area contributed by atoms with E-state index in [0.717, 1.165) is 0 Å². The molecule has 0 aliphatic carbocycles. The van der Waals surface area contributed by atoms with Crippen LogP contribution in [0.3, 0.4) is 0 Å². The molecule has 0 aliphatic rings. The highest BCUT2D eigenvalue weighted by Crippen LogP contribution is 2.11. The first kappa shape index (κ1) is 18.9. The summed E-state index contributed by atoms with van der Waals surface area (Å²) in [5.41, 5.74) is 5.68. The third-order valence-electron chi connectivity index (χ3n) is 2.25. The van der Waals surface area contributed by atoms with E-state index in [9.17, 15) is 13.2 Å². The van der Waals surface area contributed by atoms with E-state index in [1.807, 2.05) is 0 Å². The predicted octanol–water partition coefficient (Wildman–Crippen LogP) is 0.484. The van der Waals surface area contributed by atoms with Gasteiger partial charge in [0.15, 0.2) is 0 Å². The number of amides is 1. The molecule has 1 aromatic carbocycles. The summed E-state index contributed by atoms with van der Waals surface area (Å²) in [5, 5.41) is 2.61. The second kappa shape index (κ2) is 8.21. The van der Waals surface area contributed by atoms with Crippen LogP contribution in [-0.4, -0.2) is 33.5 Å². The molecule has 0 spiro atoms. The number of carbonyl (C=O) groups excluding carboxylic acids is 1. The lowest BCUT2D eigenvalue weighted by molar-refractivity contribution is 0.0954. The summed E-state index contributed by atoms with van der Waals surface area (Å²) in [6.07, 6.45) is 0. The lowest BCUT2D eigenvalue weighted by atomic mass is 10.2. The molecular weight excluding hydrogens is 302 g/mol. The number of sulfonamides is 1. The van der Waals surface area contributed by atoms with Gasteiger partial charge < -0.3 is 11.1 Å². The molecule has 0 saturated carbocycles. The van der Waals surface area contributed by atoms with Crippen LogP contribution in [-0.2, 0) is 10.0 Å². The minimum atomic E-state index is -3.52. The summed E-state index contributed by atoms with van der Waals surface area (Å²) in [4.78, 5) is 11.7. The zero-order valence-corrected chi connectivity index (χ0v) is 13.1. The molecule has 0 radical (unpaired) electrons. The number of rotatable bonds is 6. The van der Waals surface area contributed by atoms with E-state index in [0.29, 0.717) is 18.7 Å². The number of hydrogen-bond acceptors (Lipinski definition) is 4. The van der Waals surface area contributed by atoms with Gasteiger partial charge in [0.05, 0.1) is 4.90 Å². The van der Waals surface area contributed by atoms with Crippen LogP contribution >= 0.6 is 12.4 Å². The van der Waals surface area contributed by atoms with Crippen LogP contribution in [0.25, 0.3) is 0 Å². The standard InChI is InChI=1S/C12H19N3O3S.ClH/c1-9(2)15-19(17,18)11-5-3-10(4-6-11)12(16)14-8-7-13;/h3-6,9,15H,7-8,13H2,1-2H3,(H,14,16);1H. The van der Waals surface area contributed by atoms with Crippen LogP contribution in [0.5, 0.6) is 0 Å². The van der Waals surface area contributed by atoms with Gasteiger partial charge in [0, 0.05) is 24.7 Å². The Kier molecular flexibility index (Phi) is 7.74. The third kappa shape index (κ3) is 5.46. The minimum absolute atomic E-state index is 0. The van der Waals surface area contributed by atoms with Gasteiger partial charge in [0.2, 0.25) is 10.0 Å². The van der Waals surface area contributed by atoms with Gasteiger partial charge in [-0.1, -0.05) is 0 Å². The average Bonchev–Trinajstić information content (AvgIpc) is 2.34. The smallest absolute Gasteiger partial charge is 0.251 e. The summed E-state index contributed by atoms with van der Waals surface area (Å²) < 4.78 is 26.2. The van der Waals surface area contributed by atoms with Crippen molar-refractivity contribution in [3.63, 3.8) is 0 Å². The quantitative estimate of drug-likeness (QED) is 0.709. The number of hydrogen-bond donors (Lipinski definition) is 3. The molecule has 4 N–H and O–H groups in total. The Morgan fingerprint density at radius 3 is 2.25 bits per heavy atom. The third-order valence-corrected chi connectivity index (χ3v) is 3.92. The molecule has 114 valence electrons. The van der Waals surface area contributed by atoms with Crippen molar-refractivity contribution in [2.75, 3.05) is 13.1 Å². The van der Waals surface area contributed by atoms with E-state index in [4.69, 9.17) is 5.73 Å². The fourth-order valence-corrected chi connectivity index (χ4v) is 2.70. The monoisotopic (exact) mass is 321 g/mol. The largest absolute Gasteiger partial charge is 0.351 e. The van der Waals surface area contributed by atoms with Crippen LogP contribution in [0.1, 0.15) is 24.2 Å². The fourth-order valence-electron chi connectivity index (χ4n) is 1.45. The molecule has 0 bridgehead atoms. The van der Waals surface area contributed by atoms with Gasteiger partial charge in [0.1, 0.15) is 0 Å². The maximum atomic E-state index is 11.9. The Balaban J connectivity index is 0.00000361. The Morgan fingerprint density at radius 2 is 1.80 bits per heavy atom. The summed E-state index contributed by atoms with van der Waals surface area (Å²) in [6, 6.07) is 5.57. The molecule has 0 atom stereocenters. The van der Waals surface area contributed by atoms with Crippen LogP contribution in [0.15, 0.2) is 29.2 Å². The molecule has 0 aromatic heterocycles. The molecule has 1 rings (SSSR count). The Morgan fingerprint density at radius 1 is 1.25 bits per heavy atom. The van der Waals surface area contributed by atoms with Crippen LogP contribution in [0.4, 0.5) is 0 Å². The van der Waals surface area contributed by atoms with Gasteiger partial charge in [-0.3, -0.25) is 4.79 Å². The lowest BCUT2D eigenvalue weighted by Crippen LogP contribution is -2.30. The molecule has 1 aromatic rings. The van der Waals surface area contributed by atoms with Crippen molar-refractivity contribution in [2.24, 2.45) is 5.73 Å². The maximum Gasteiger partial charge on any atom is 0.251 e. The molecule has 0 unspecified atom stereocenters. The predicted molar refractivity (Wildman–Crippen MR) is 80.5 cm³/mol. The molecule has 0 aliphatic heterocycles. The molecule has 0 saturated heterocycles. The SMILES string of the molecule is CC(C)NS(=O)(=O)c1ccc(C(=O)NCCN)cc1.Cl. The zero-order chi connectivity index (χ0) is 14.5. The highest BCUT2D eigenvalue weighted by molar-refractivity contribution is 7.89. The fraction of sp³-hybridized carbons (Fsp3) is 0.417. The van der Waals surface area contributed by atoms with Crippen LogP contribution < -0.4 is 15.8 Å². The van der Waals surface area contributed by atoms with Crippen molar-refractivity contribution in [1.29, 1.82) is 0 Å². The van der Waals surface area contributed by atoms with Crippen molar-refractivity contribution < 1.29 is 13.2 Å². The first-order valence-electron chi connectivity index (χ1n) is 5.97. The van der Waals surface area contributed by atoms with Crippen LogP contribution in [0, 0.1) is 0 Å². The van der Waals surface area contributed by atoms with Gasteiger partial charge in [0.25, 0.3) is 5.91 Å². The van der Waals surface area contributed by atoms with Crippen molar-refractivity contribution in [3.8, 4) is 0 Å². The number of carbonyl (C=O) groups is 1. The molecule has 0 fully saturated rings. The van der Waals surface area contributed by atoms with E-state index < -0.39 is 10.0 Å². The number of nitrogens with one attached hydrogen (secondary N) is 2. The van der Waals surface area contributed by atoms with Crippen molar-refractivity contribution in [3.05, 3.63) is 29.8 Å². The maximum absolute atomic E-state index is 11.9. The Bertz CT molecular complexity index is 529. The summed E-state index contributed by atoms with van der Waals surface area (Å²) >= 11 is 0. The van der Waals surface area contributed by atoms with Gasteiger partial charge in [-0.2, -0.15) is 0 Å². The summed E-state index contributed by atoms with van der Waals surface area (Å²) in [5.74, 6) is -0.272. The van der Waals surface area contributed by atoms with E-state index in [-0.39, 0.29) is 29.3 Å². The van der Waals surface area contributed by atoms with Gasteiger partial charge in [-0.25, -0.2) is 13.1 Å². The van der Waals surface area contributed by atoms with E-state index in [1.165, 1.54) is 24.3 Å². The molecule has 1 amide bonds. The van der Waals surface area contributed by atoms with Gasteiger partial charge >= 0.3 is 0 Å². The highest BCUT2D eigenvalue weighted by Gasteiger charge is 2.15. The minimum Gasteiger partial charge on any atom is -0.351 e. The van der Waals surface area contributed by atoms with E-state index >= 15 is 0 Å². The molecule has 8 heteroatoms. The summed E-state index contributed by atoms with van der Waals surface area (Å²) in [6.45, 7) is 4.22. The normalized spacial score (nSPS) is 11.0. The molecular formula is C12H20ClN3O3S. The number of halogens is 1. The molecule has 6 nitrogen and oxygen atoms in total. The topological polar surface area (TPSA) is 101 Å². The van der Waals surface area contributed by atoms with E-state index in [2.05, 4.69) is 10.0 Å². The molecule has 20 heavy (non-hydrogen) atoms. The Labute approximate surface area is 125 Å². The molecule has 0 heterocycles. The number of nitrogens with two attached hydrogens (primary N) is 1. The highest BCUT2D eigenvalue weighted by atomic mass is 35.5. The Hall–Kier alpha value is -1.15. The van der Waals surface area contributed by atoms with E-state index in [1.54, 1.807) is 13.8 Å². The van der Waals surface area contributed by atoms with Crippen LogP contribution in [0.2, 0.25) is 0 Å². The number of benzene rings is 1. The van der Waals surface area contributed by atoms with Crippen molar-refractivity contribution in [2.45, 2.75) is 24.8 Å². The first-order chi connectivity index (χ1) is 8.86. The van der Waals surface area contributed by atoms with Crippen molar-refractivity contribution >= 4 is 28.3 Å². The lowest BCUT2D eigenvalue weighted by Gasteiger charge is -2.10. The first-order valence-corrected chi connectivity index (χ1v) is 7.46. The second-order valence-corrected chi connectivity index (χ2v) is 6.06. The van der Waals surface area contributed by atoms with Crippen molar-refractivity contribution in [1.82, 2.24) is 10.0 Å². The van der Waals surface area contributed by atoms with Gasteiger partial charge in [-0.05, 0) is 38.1 Å².